The van der Waals surface area contributed by atoms with Crippen LogP contribution in [0.3, 0.4) is 0 Å². The largest absolute Gasteiger partial charge is 0.598 e. The molecule has 1 aliphatic heterocycles. The van der Waals surface area contributed by atoms with Gasteiger partial charge in [0.1, 0.15) is 12.6 Å². The van der Waals surface area contributed by atoms with Crippen LogP contribution in [0.25, 0.3) is 0 Å². The topological polar surface area (TPSA) is 53.5 Å². The van der Waals surface area contributed by atoms with E-state index < -0.39 is 22.6 Å². The van der Waals surface area contributed by atoms with Crippen LogP contribution in [0.4, 0.5) is 0 Å². The quantitative estimate of drug-likeness (QED) is 0.606. The van der Waals surface area contributed by atoms with Crippen molar-refractivity contribution in [2.24, 2.45) is 0 Å². The summed E-state index contributed by atoms with van der Waals surface area (Å²) in [5, 5.41) is 0. The Balaban J connectivity index is 1.91. The van der Waals surface area contributed by atoms with Crippen LogP contribution in [0.1, 0.15) is 46.5 Å². The van der Waals surface area contributed by atoms with E-state index in [0.717, 1.165) is 25.7 Å². The van der Waals surface area contributed by atoms with Crippen LogP contribution in [-0.4, -0.2) is 41.6 Å². The van der Waals surface area contributed by atoms with Crippen molar-refractivity contribution in [3.63, 3.8) is 0 Å². The number of rotatable bonds is 2. The van der Waals surface area contributed by atoms with Gasteiger partial charge in [0.25, 0.3) is 0 Å². The van der Waals surface area contributed by atoms with Gasteiger partial charge in [0.05, 0.1) is 13.2 Å². The molecule has 2 rings (SSSR count). The average molecular weight is 271 g/mol. The summed E-state index contributed by atoms with van der Waals surface area (Å²) in [6.45, 7) is 7.14. The SMILES string of the molecule is [B]C1(N[S+]([O-])C(C)(C)C)CCC2(CC1)OCCO2. The Morgan fingerprint density at radius 1 is 1.11 bits per heavy atom. The summed E-state index contributed by atoms with van der Waals surface area (Å²) in [4.78, 5) is 0. The van der Waals surface area contributed by atoms with Crippen LogP contribution in [0.5, 0.6) is 0 Å². The molecule has 1 heterocycles. The van der Waals surface area contributed by atoms with Gasteiger partial charge in [-0.25, -0.2) is 0 Å². The third-order valence-electron chi connectivity index (χ3n) is 3.57. The van der Waals surface area contributed by atoms with E-state index in [2.05, 4.69) is 4.72 Å². The molecule has 0 bridgehead atoms. The predicted octanol–water partition coefficient (Wildman–Crippen LogP) is 1.22. The number of nitrogens with one attached hydrogen (secondary N) is 1. The summed E-state index contributed by atoms with van der Waals surface area (Å²) in [5.74, 6) is -0.423. The molecule has 6 heteroatoms. The van der Waals surface area contributed by atoms with Gasteiger partial charge in [-0.15, -0.1) is 4.72 Å². The lowest BCUT2D eigenvalue weighted by Gasteiger charge is -2.43. The molecule has 102 valence electrons. The summed E-state index contributed by atoms with van der Waals surface area (Å²) in [5.41, 5.74) is -0.571. The van der Waals surface area contributed by atoms with Crippen molar-refractivity contribution in [2.45, 2.75) is 62.4 Å². The first-order chi connectivity index (χ1) is 8.25. The van der Waals surface area contributed by atoms with Crippen molar-refractivity contribution in [3.05, 3.63) is 0 Å². The Labute approximate surface area is 114 Å². The van der Waals surface area contributed by atoms with E-state index in [-0.39, 0.29) is 4.75 Å². The molecule has 0 aromatic rings. The Morgan fingerprint density at radius 3 is 2.06 bits per heavy atom. The number of ether oxygens (including phenoxy) is 2. The van der Waals surface area contributed by atoms with E-state index >= 15 is 0 Å². The fourth-order valence-corrected chi connectivity index (χ4v) is 3.18. The maximum atomic E-state index is 12.1. The molecule has 1 aliphatic carbocycles. The molecule has 0 aromatic heterocycles. The van der Waals surface area contributed by atoms with Gasteiger partial charge in [0.15, 0.2) is 5.79 Å². The summed E-state index contributed by atoms with van der Waals surface area (Å²) in [6, 6.07) is 0. The monoisotopic (exact) mass is 271 g/mol. The Kier molecular flexibility index (Phi) is 4.06. The van der Waals surface area contributed by atoms with Gasteiger partial charge in [0.2, 0.25) is 0 Å². The van der Waals surface area contributed by atoms with Crippen LogP contribution >= 0.6 is 0 Å². The minimum Gasteiger partial charge on any atom is -0.598 e. The molecular formula is C12H22BNO3S. The smallest absolute Gasteiger partial charge is 0.168 e. The van der Waals surface area contributed by atoms with Gasteiger partial charge in [-0.2, -0.15) is 0 Å². The van der Waals surface area contributed by atoms with Crippen LogP contribution in [-0.2, 0) is 20.8 Å². The van der Waals surface area contributed by atoms with E-state index in [0.29, 0.717) is 13.2 Å². The van der Waals surface area contributed by atoms with Crippen LogP contribution < -0.4 is 4.72 Å². The summed E-state index contributed by atoms with van der Waals surface area (Å²) in [7, 11) is 6.29. The van der Waals surface area contributed by atoms with Gasteiger partial charge in [-0.3, -0.25) is 0 Å². The fourth-order valence-electron chi connectivity index (χ4n) is 2.30. The van der Waals surface area contributed by atoms with Gasteiger partial charge >= 0.3 is 0 Å². The molecule has 1 spiro atoms. The zero-order chi connectivity index (χ0) is 13.4. The van der Waals surface area contributed by atoms with Crippen molar-refractivity contribution in [2.75, 3.05) is 13.2 Å². The normalized spacial score (nSPS) is 28.4. The van der Waals surface area contributed by atoms with Crippen molar-refractivity contribution in [1.29, 1.82) is 0 Å². The molecule has 1 saturated carbocycles. The molecule has 0 amide bonds. The molecule has 1 atom stereocenters. The minimum atomic E-state index is -1.14. The second kappa shape index (κ2) is 4.98. The van der Waals surface area contributed by atoms with Crippen LogP contribution in [0.15, 0.2) is 0 Å². The maximum Gasteiger partial charge on any atom is 0.168 e. The second-order valence-corrected chi connectivity index (χ2v) is 8.21. The van der Waals surface area contributed by atoms with Gasteiger partial charge in [-0.1, -0.05) is 0 Å². The Hall–Kier alpha value is 0.255. The predicted molar refractivity (Wildman–Crippen MR) is 72.6 cm³/mol. The first-order valence-corrected chi connectivity index (χ1v) is 7.66. The van der Waals surface area contributed by atoms with E-state index in [1.807, 2.05) is 20.8 Å². The van der Waals surface area contributed by atoms with Gasteiger partial charge in [0, 0.05) is 29.6 Å². The Morgan fingerprint density at radius 2 is 1.61 bits per heavy atom. The molecule has 1 N–H and O–H groups in total. The zero-order valence-corrected chi connectivity index (χ0v) is 12.3. The lowest BCUT2D eigenvalue weighted by Crippen LogP contribution is -2.57. The second-order valence-electron chi connectivity index (χ2n) is 6.25. The van der Waals surface area contributed by atoms with Crippen molar-refractivity contribution < 1.29 is 14.0 Å². The zero-order valence-electron chi connectivity index (χ0n) is 11.5. The molecule has 2 fully saturated rings. The molecule has 18 heavy (non-hydrogen) atoms. The van der Waals surface area contributed by atoms with Crippen LogP contribution in [0, 0.1) is 0 Å². The third-order valence-corrected chi connectivity index (χ3v) is 5.27. The van der Waals surface area contributed by atoms with Gasteiger partial charge < -0.3 is 14.0 Å². The molecule has 2 radical (unpaired) electrons. The minimum absolute atomic E-state index is 0.304. The third kappa shape index (κ3) is 3.22. The van der Waals surface area contributed by atoms with Crippen LogP contribution in [0.2, 0.25) is 0 Å². The van der Waals surface area contributed by atoms with E-state index in [4.69, 9.17) is 17.3 Å². The lowest BCUT2D eigenvalue weighted by molar-refractivity contribution is -0.181. The van der Waals surface area contributed by atoms with Crippen molar-refractivity contribution >= 4 is 19.2 Å². The lowest BCUT2D eigenvalue weighted by atomic mass is 9.67. The maximum absolute atomic E-state index is 12.1. The van der Waals surface area contributed by atoms with E-state index in [9.17, 15) is 4.55 Å². The molecule has 0 aromatic carbocycles. The van der Waals surface area contributed by atoms with Gasteiger partial charge in [-0.05, 0) is 33.6 Å². The van der Waals surface area contributed by atoms with E-state index in [1.165, 1.54) is 0 Å². The first-order valence-electron chi connectivity index (χ1n) is 6.51. The molecular weight excluding hydrogens is 249 g/mol. The molecule has 2 aliphatic rings. The highest BCUT2D eigenvalue weighted by atomic mass is 32.2. The standard InChI is InChI=1S/C12H22BNO3S/c1-10(2,3)18(15)14-11(13)4-6-12(7-5-11)16-8-9-17-12/h14H,4-9H2,1-3H3. The Bertz CT molecular complexity index is 292. The highest BCUT2D eigenvalue weighted by molar-refractivity contribution is 7.90. The van der Waals surface area contributed by atoms with E-state index in [1.54, 1.807) is 0 Å². The first kappa shape index (κ1) is 14.7. The number of hydrogen-bond donors (Lipinski definition) is 1. The molecule has 4 nitrogen and oxygen atoms in total. The number of hydrogen-bond acceptors (Lipinski definition) is 4. The van der Waals surface area contributed by atoms with Crippen molar-refractivity contribution in [1.82, 2.24) is 4.72 Å². The fraction of sp³-hybridized carbons (Fsp3) is 1.00. The molecule has 1 unspecified atom stereocenters. The highest BCUT2D eigenvalue weighted by Crippen LogP contribution is 2.39. The highest BCUT2D eigenvalue weighted by Gasteiger charge is 2.46. The summed E-state index contributed by atoms with van der Waals surface area (Å²) >= 11 is -1.14. The summed E-state index contributed by atoms with van der Waals surface area (Å²) in [6.07, 6.45) is 2.96. The average Bonchev–Trinajstić information content (AvgIpc) is 2.71. The van der Waals surface area contributed by atoms with Crippen molar-refractivity contribution in [3.8, 4) is 0 Å². The molecule has 1 saturated heterocycles. The summed E-state index contributed by atoms with van der Waals surface area (Å²) < 4.78 is 26.2.